The second-order valence-electron chi connectivity index (χ2n) is 8.19. The molecule has 3 aromatic carbocycles. The molecule has 0 unspecified atom stereocenters. The zero-order valence-electron chi connectivity index (χ0n) is 18.5. The van der Waals surface area contributed by atoms with Gasteiger partial charge in [-0.3, -0.25) is 9.48 Å². The summed E-state index contributed by atoms with van der Waals surface area (Å²) >= 11 is 0. The first-order valence-corrected chi connectivity index (χ1v) is 10.9. The molecule has 2 N–H and O–H groups in total. The van der Waals surface area contributed by atoms with Gasteiger partial charge in [0.15, 0.2) is 0 Å². The predicted octanol–water partition coefficient (Wildman–Crippen LogP) is 3.21. The van der Waals surface area contributed by atoms with Gasteiger partial charge in [0.1, 0.15) is 11.7 Å². The smallest absolute Gasteiger partial charge is 0.255 e. The Morgan fingerprint density at radius 2 is 1.50 bits per heavy atom. The van der Waals surface area contributed by atoms with Crippen molar-refractivity contribution in [3.8, 4) is 11.3 Å². The molecule has 5 nitrogen and oxygen atoms in total. The highest BCUT2D eigenvalue weighted by molar-refractivity contribution is 5.99. The molecule has 5 heteroatoms. The van der Waals surface area contributed by atoms with E-state index in [0.29, 0.717) is 24.3 Å². The third kappa shape index (κ3) is 5.13. The number of hydrogen-bond acceptors (Lipinski definition) is 2. The number of nitrogens with one attached hydrogen (secondary N) is 2. The van der Waals surface area contributed by atoms with Crippen molar-refractivity contribution in [1.29, 1.82) is 0 Å². The number of amides is 1. The summed E-state index contributed by atoms with van der Waals surface area (Å²) in [5.41, 5.74) is 4.57. The van der Waals surface area contributed by atoms with Gasteiger partial charge in [0.2, 0.25) is 0 Å². The van der Waals surface area contributed by atoms with E-state index >= 15 is 0 Å². The maximum atomic E-state index is 13.3. The standard InChI is InChI=1S/C27H28N4O/c1-30(2)25(22-14-8-4-9-15-22)18-28-27(32)24-20-31(19-21-12-6-3-7-13-21)29-26(24)23-16-10-5-11-17-23/h3-17,20,25H,18-19H2,1-2H3,(H,28,32)/p+1/t25-/m0/s1. The largest absolute Gasteiger partial charge is 0.346 e. The Morgan fingerprint density at radius 3 is 2.12 bits per heavy atom. The number of aromatic nitrogens is 2. The van der Waals surface area contributed by atoms with E-state index in [0.717, 1.165) is 11.1 Å². The van der Waals surface area contributed by atoms with Crippen LogP contribution in [0.15, 0.2) is 97.2 Å². The average Bonchev–Trinajstić information content (AvgIpc) is 3.25. The average molecular weight is 426 g/mol. The Balaban J connectivity index is 1.58. The lowest BCUT2D eigenvalue weighted by Crippen LogP contribution is -3.07. The first-order valence-electron chi connectivity index (χ1n) is 10.9. The highest BCUT2D eigenvalue weighted by atomic mass is 16.1. The van der Waals surface area contributed by atoms with Crippen LogP contribution in [-0.4, -0.2) is 36.3 Å². The molecule has 0 aliphatic carbocycles. The van der Waals surface area contributed by atoms with E-state index in [1.165, 1.54) is 10.5 Å². The van der Waals surface area contributed by atoms with Crippen molar-refractivity contribution in [2.75, 3.05) is 20.6 Å². The topological polar surface area (TPSA) is 51.4 Å². The zero-order chi connectivity index (χ0) is 22.3. The fraction of sp³-hybridized carbons (Fsp3) is 0.185. The molecule has 32 heavy (non-hydrogen) atoms. The molecule has 4 rings (SSSR count). The molecular formula is C27H29N4O+. The number of rotatable bonds is 8. The van der Waals surface area contributed by atoms with E-state index in [-0.39, 0.29) is 11.9 Å². The SMILES string of the molecule is C[NH+](C)[C@@H](CNC(=O)c1cn(Cc2ccccc2)nc1-c1ccccc1)c1ccccc1. The molecule has 4 aromatic rings. The maximum Gasteiger partial charge on any atom is 0.255 e. The van der Waals surface area contributed by atoms with Crippen molar-refractivity contribution in [2.45, 2.75) is 12.6 Å². The van der Waals surface area contributed by atoms with Crippen molar-refractivity contribution < 1.29 is 9.69 Å². The minimum Gasteiger partial charge on any atom is -0.346 e. The van der Waals surface area contributed by atoms with Crippen LogP contribution in [0.1, 0.15) is 27.5 Å². The van der Waals surface area contributed by atoms with E-state index in [1.807, 2.05) is 77.6 Å². The number of carbonyl (C=O) groups excluding carboxylic acids is 1. The summed E-state index contributed by atoms with van der Waals surface area (Å²) in [6, 6.07) is 30.5. The van der Waals surface area contributed by atoms with Gasteiger partial charge in [-0.25, -0.2) is 0 Å². The molecule has 0 fully saturated rings. The third-order valence-corrected chi connectivity index (χ3v) is 5.61. The molecule has 0 radical (unpaired) electrons. The van der Waals surface area contributed by atoms with E-state index in [4.69, 9.17) is 5.10 Å². The molecule has 0 aliphatic rings. The van der Waals surface area contributed by atoms with Crippen molar-refractivity contribution >= 4 is 5.91 Å². The second-order valence-corrected chi connectivity index (χ2v) is 8.19. The summed E-state index contributed by atoms with van der Waals surface area (Å²) in [6.45, 7) is 1.16. The zero-order valence-corrected chi connectivity index (χ0v) is 18.5. The minimum absolute atomic E-state index is 0.106. The summed E-state index contributed by atoms with van der Waals surface area (Å²) in [5, 5.41) is 7.92. The lowest BCUT2D eigenvalue weighted by molar-refractivity contribution is -0.890. The van der Waals surface area contributed by atoms with Gasteiger partial charge in [-0.05, 0) is 5.56 Å². The fourth-order valence-electron chi connectivity index (χ4n) is 3.88. The van der Waals surface area contributed by atoms with Crippen molar-refractivity contribution in [1.82, 2.24) is 15.1 Å². The van der Waals surface area contributed by atoms with Crippen LogP contribution >= 0.6 is 0 Å². The Kier molecular flexibility index (Phi) is 6.78. The van der Waals surface area contributed by atoms with Crippen LogP contribution in [0.25, 0.3) is 11.3 Å². The summed E-state index contributed by atoms with van der Waals surface area (Å²) in [5.74, 6) is -0.106. The van der Waals surface area contributed by atoms with Crippen LogP contribution in [0, 0.1) is 0 Å². The van der Waals surface area contributed by atoms with E-state index < -0.39 is 0 Å². The lowest BCUT2D eigenvalue weighted by atomic mass is 10.1. The Hall–Kier alpha value is -3.70. The molecule has 0 aliphatic heterocycles. The molecule has 1 aromatic heterocycles. The van der Waals surface area contributed by atoms with Crippen LogP contribution in [0.4, 0.5) is 0 Å². The van der Waals surface area contributed by atoms with Gasteiger partial charge in [-0.2, -0.15) is 5.10 Å². The van der Waals surface area contributed by atoms with Gasteiger partial charge in [-0.1, -0.05) is 91.0 Å². The van der Waals surface area contributed by atoms with Crippen molar-refractivity contribution in [3.05, 3.63) is 114 Å². The first kappa shape index (κ1) is 21.5. The predicted molar refractivity (Wildman–Crippen MR) is 128 cm³/mol. The number of quaternary nitrogens is 1. The summed E-state index contributed by atoms with van der Waals surface area (Å²) in [7, 11) is 4.22. The number of likely N-dealkylation sites (N-methyl/N-ethyl adjacent to an activating group) is 1. The van der Waals surface area contributed by atoms with Crippen LogP contribution < -0.4 is 10.2 Å². The molecule has 0 spiro atoms. The van der Waals surface area contributed by atoms with Gasteiger partial charge in [0.25, 0.3) is 5.91 Å². The van der Waals surface area contributed by atoms with Crippen LogP contribution in [0.5, 0.6) is 0 Å². The van der Waals surface area contributed by atoms with E-state index in [2.05, 4.69) is 43.7 Å². The van der Waals surface area contributed by atoms with Gasteiger partial charge < -0.3 is 10.2 Å². The number of hydrogen-bond donors (Lipinski definition) is 2. The quantitative estimate of drug-likeness (QED) is 0.456. The Labute approximate surface area is 189 Å². The molecular weight excluding hydrogens is 396 g/mol. The van der Waals surface area contributed by atoms with E-state index in [9.17, 15) is 4.79 Å². The first-order chi connectivity index (χ1) is 15.6. The highest BCUT2D eigenvalue weighted by Gasteiger charge is 2.22. The van der Waals surface area contributed by atoms with Crippen LogP contribution in [-0.2, 0) is 6.54 Å². The minimum atomic E-state index is -0.106. The summed E-state index contributed by atoms with van der Waals surface area (Å²) < 4.78 is 1.85. The van der Waals surface area contributed by atoms with Crippen molar-refractivity contribution in [3.63, 3.8) is 0 Å². The number of carbonyl (C=O) groups is 1. The molecule has 162 valence electrons. The lowest BCUT2D eigenvalue weighted by Gasteiger charge is -2.22. The highest BCUT2D eigenvalue weighted by Crippen LogP contribution is 2.22. The second kappa shape index (κ2) is 10.1. The maximum absolute atomic E-state index is 13.3. The molecule has 1 amide bonds. The molecule has 0 saturated carbocycles. The van der Waals surface area contributed by atoms with Crippen LogP contribution in [0.2, 0.25) is 0 Å². The van der Waals surface area contributed by atoms with Gasteiger partial charge in [-0.15, -0.1) is 0 Å². The molecule has 1 atom stereocenters. The monoisotopic (exact) mass is 425 g/mol. The molecule has 0 saturated heterocycles. The number of benzene rings is 3. The van der Waals surface area contributed by atoms with Gasteiger partial charge in [0, 0.05) is 17.3 Å². The fourth-order valence-corrected chi connectivity index (χ4v) is 3.88. The van der Waals surface area contributed by atoms with E-state index in [1.54, 1.807) is 0 Å². The molecule has 0 bridgehead atoms. The Bertz CT molecular complexity index is 1140. The van der Waals surface area contributed by atoms with Crippen LogP contribution in [0.3, 0.4) is 0 Å². The van der Waals surface area contributed by atoms with Gasteiger partial charge >= 0.3 is 0 Å². The number of nitrogens with zero attached hydrogens (tertiary/aromatic N) is 2. The van der Waals surface area contributed by atoms with Crippen molar-refractivity contribution in [2.24, 2.45) is 0 Å². The summed E-state index contributed by atoms with van der Waals surface area (Å²) in [4.78, 5) is 14.6. The Morgan fingerprint density at radius 1 is 0.906 bits per heavy atom. The summed E-state index contributed by atoms with van der Waals surface area (Å²) in [6.07, 6.45) is 1.85. The third-order valence-electron chi connectivity index (χ3n) is 5.61. The normalized spacial score (nSPS) is 12.0. The molecule has 1 heterocycles. The van der Waals surface area contributed by atoms with Gasteiger partial charge in [0.05, 0.1) is 32.7 Å².